The number of aliphatic hydroxyl groups is 1. The third kappa shape index (κ3) is 4.19. The van der Waals surface area contributed by atoms with Gasteiger partial charge in [-0.2, -0.15) is 5.10 Å². The number of amidine groups is 1. The predicted octanol–water partition coefficient (Wildman–Crippen LogP) is 0.849. The van der Waals surface area contributed by atoms with Gasteiger partial charge in [0.25, 0.3) is 0 Å². The number of nitrogens with zero attached hydrogens (tertiary/aromatic N) is 1. The van der Waals surface area contributed by atoms with Crippen LogP contribution in [0.5, 0.6) is 0 Å². The molecule has 0 amide bonds. The largest absolute Gasteiger partial charge is 0.392 e. The van der Waals surface area contributed by atoms with Gasteiger partial charge in [-0.1, -0.05) is 37.4 Å². The van der Waals surface area contributed by atoms with Gasteiger partial charge in [0.15, 0.2) is 5.17 Å². The molecule has 0 saturated heterocycles. The summed E-state index contributed by atoms with van der Waals surface area (Å²) in [6.45, 7) is 0. The van der Waals surface area contributed by atoms with E-state index in [4.69, 9.17) is 11.6 Å². The lowest BCUT2D eigenvalue weighted by atomic mass is 10.0. The van der Waals surface area contributed by atoms with Gasteiger partial charge in [0.1, 0.15) is 0 Å². The van der Waals surface area contributed by atoms with Gasteiger partial charge >= 0.3 is 0 Å². The number of hydrogen-bond acceptors (Lipinski definition) is 4. The van der Waals surface area contributed by atoms with Crippen molar-refractivity contribution >= 4 is 16.9 Å². The molecule has 5 N–H and O–H groups in total. The Balaban J connectivity index is 2.11. The van der Waals surface area contributed by atoms with Crippen molar-refractivity contribution in [1.29, 1.82) is 0 Å². The SMILES string of the molecule is NN=C(N)SCC(O)CC1CCCC1. The van der Waals surface area contributed by atoms with Crippen LogP contribution in [-0.4, -0.2) is 22.1 Å². The van der Waals surface area contributed by atoms with Crippen LogP contribution < -0.4 is 11.6 Å². The van der Waals surface area contributed by atoms with Gasteiger partial charge in [-0.05, 0) is 12.3 Å². The summed E-state index contributed by atoms with van der Waals surface area (Å²) in [5.74, 6) is 6.29. The van der Waals surface area contributed by atoms with Gasteiger partial charge in [-0.25, -0.2) is 0 Å². The van der Waals surface area contributed by atoms with Crippen LogP contribution in [0, 0.1) is 5.92 Å². The molecular weight excluding hydrogens is 198 g/mol. The Bertz CT molecular complexity index is 192. The number of rotatable bonds is 4. The van der Waals surface area contributed by atoms with E-state index in [1.807, 2.05) is 0 Å². The fourth-order valence-corrected chi connectivity index (χ4v) is 2.49. The molecule has 1 aliphatic rings. The zero-order valence-electron chi connectivity index (χ0n) is 8.35. The molecule has 1 atom stereocenters. The summed E-state index contributed by atoms with van der Waals surface area (Å²) in [7, 11) is 0. The molecule has 0 spiro atoms. The molecule has 14 heavy (non-hydrogen) atoms. The minimum absolute atomic E-state index is 0.275. The van der Waals surface area contributed by atoms with Crippen molar-refractivity contribution < 1.29 is 5.11 Å². The molecule has 0 heterocycles. The Morgan fingerprint density at radius 1 is 1.50 bits per heavy atom. The molecule has 5 heteroatoms. The van der Waals surface area contributed by atoms with Crippen molar-refractivity contribution in [3.05, 3.63) is 0 Å². The van der Waals surface area contributed by atoms with E-state index in [2.05, 4.69) is 5.10 Å². The first-order chi connectivity index (χ1) is 6.72. The standard InChI is InChI=1S/C9H19N3OS/c10-9(12-11)14-6-8(13)5-7-3-1-2-4-7/h7-8,13H,1-6,11H2,(H2,10,12). The van der Waals surface area contributed by atoms with Crippen LogP contribution in [-0.2, 0) is 0 Å². The molecular formula is C9H19N3OS. The first-order valence-electron chi connectivity index (χ1n) is 5.06. The summed E-state index contributed by atoms with van der Waals surface area (Å²) < 4.78 is 0. The average molecular weight is 217 g/mol. The molecule has 0 radical (unpaired) electrons. The summed E-state index contributed by atoms with van der Waals surface area (Å²) in [6.07, 6.45) is 5.78. The third-order valence-electron chi connectivity index (χ3n) is 2.63. The van der Waals surface area contributed by atoms with E-state index in [1.54, 1.807) is 0 Å². The van der Waals surface area contributed by atoms with Crippen molar-refractivity contribution in [3.63, 3.8) is 0 Å². The molecule has 0 aliphatic heterocycles. The minimum atomic E-state index is -0.275. The zero-order valence-corrected chi connectivity index (χ0v) is 9.17. The second kappa shape index (κ2) is 6.14. The zero-order chi connectivity index (χ0) is 10.4. The molecule has 82 valence electrons. The van der Waals surface area contributed by atoms with Gasteiger partial charge in [-0.15, -0.1) is 0 Å². The smallest absolute Gasteiger partial charge is 0.177 e. The van der Waals surface area contributed by atoms with E-state index in [0.29, 0.717) is 16.8 Å². The molecule has 4 nitrogen and oxygen atoms in total. The summed E-state index contributed by atoms with van der Waals surface area (Å²) in [6, 6.07) is 0. The van der Waals surface area contributed by atoms with Crippen molar-refractivity contribution in [2.45, 2.75) is 38.2 Å². The second-order valence-corrected chi connectivity index (χ2v) is 4.86. The topological polar surface area (TPSA) is 84.6 Å². The quantitative estimate of drug-likeness (QED) is 0.282. The lowest BCUT2D eigenvalue weighted by Crippen LogP contribution is -2.18. The normalized spacial score (nSPS) is 21.4. The van der Waals surface area contributed by atoms with Gasteiger partial charge in [-0.3, -0.25) is 0 Å². The maximum absolute atomic E-state index is 9.68. The van der Waals surface area contributed by atoms with Crippen LogP contribution in [0.3, 0.4) is 0 Å². The predicted molar refractivity (Wildman–Crippen MR) is 60.8 cm³/mol. The molecule has 1 rings (SSSR count). The van der Waals surface area contributed by atoms with E-state index in [-0.39, 0.29) is 6.10 Å². The monoisotopic (exact) mass is 217 g/mol. The van der Waals surface area contributed by atoms with Gasteiger partial charge in [0.05, 0.1) is 6.10 Å². The number of nitrogens with two attached hydrogens (primary N) is 2. The Hall–Kier alpha value is -0.420. The molecule has 0 bridgehead atoms. The highest BCUT2D eigenvalue weighted by Crippen LogP contribution is 2.29. The number of aliphatic hydroxyl groups excluding tert-OH is 1. The number of hydrogen-bond donors (Lipinski definition) is 3. The first-order valence-corrected chi connectivity index (χ1v) is 6.05. The highest BCUT2D eigenvalue weighted by atomic mass is 32.2. The summed E-state index contributed by atoms with van der Waals surface area (Å²) in [5, 5.41) is 13.4. The Morgan fingerprint density at radius 3 is 2.71 bits per heavy atom. The molecule has 1 fully saturated rings. The van der Waals surface area contributed by atoms with Gasteiger partial charge in [0.2, 0.25) is 0 Å². The van der Waals surface area contributed by atoms with Crippen LogP contribution >= 0.6 is 11.8 Å². The van der Waals surface area contributed by atoms with E-state index >= 15 is 0 Å². The van der Waals surface area contributed by atoms with Crippen molar-refractivity contribution in [3.8, 4) is 0 Å². The van der Waals surface area contributed by atoms with Crippen LogP contribution in [0.2, 0.25) is 0 Å². The number of hydrazone groups is 1. The van der Waals surface area contributed by atoms with Crippen LogP contribution in [0.15, 0.2) is 5.10 Å². The van der Waals surface area contributed by atoms with E-state index < -0.39 is 0 Å². The molecule has 1 aliphatic carbocycles. The average Bonchev–Trinajstić information content (AvgIpc) is 2.66. The van der Waals surface area contributed by atoms with E-state index in [1.165, 1.54) is 37.4 Å². The fourth-order valence-electron chi connectivity index (χ4n) is 1.92. The van der Waals surface area contributed by atoms with E-state index in [9.17, 15) is 5.11 Å². The maximum Gasteiger partial charge on any atom is 0.177 e. The van der Waals surface area contributed by atoms with Crippen molar-refractivity contribution in [2.75, 3.05) is 5.75 Å². The van der Waals surface area contributed by atoms with E-state index in [0.717, 1.165) is 6.42 Å². The Kier molecular flexibility index (Phi) is 5.11. The molecule has 0 aromatic rings. The maximum atomic E-state index is 9.68. The molecule has 1 saturated carbocycles. The third-order valence-corrected chi connectivity index (χ3v) is 3.58. The Morgan fingerprint density at radius 2 is 2.14 bits per heavy atom. The fraction of sp³-hybridized carbons (Fsp3) is 0.889. The van der Waals surface area contributed by atoms with Gasteiger partial charge < -0.3 is 16.7 Å². The van der Waals surface area contributed by atoms with Crippen molar-refractivity contribution in [2.24, 2.45) is 22.6 Å². The van der Waals surface area contributed by atoms with Gasteiger partial charge in [0, 0.05) is 5.75 Å². The summed E-state index contributed by atoms with van der Waals surface area (Å²) >= 11 is 1.32. The molecule has 0 aromatic heterocycles. The van der Waals surface area contributed by atoms with Crippen LogP contribution in [0.1, 0.15) is 32.1 Å². The summed E-state index contributed by atoms with van der Waals surface area (Å²) in [5.41, 5.74) is 5.41. The highest BCUT2D eigenvalue weighted by molar-refractivity contribution is 8.13. The van der Waals surface area contributed by atoms with Crippen LogP contribution in [0.25, 0.3) is 0 Å². The Labute approximate surface area is 89.1 Å². The first kappa shape index (κ1) is 11.7. The second-order valence-electron chi connectivity index (χ2n) is 3.82. The summed E-state index contributed by atoms with van der Waals surface area (Å²) in [4.78, 5) is 0. The molecule has 1 unspecified atom stereocenters. The van der Waals surface area contributed by atoms with Crippen molar-refractivity contribution in [1.82, 2.24) is 0 Å². The highest BCUT2D eigenvalue weighted by Gasteiger charge is 2.18. The minimum Gasteiger partial charge on any atom is -0.392 e. The lowest BCUT2D eigenvalue weighted by molar-refractivity contribution is 0.166. The lowest BCUT2D eigenvalue weighted by Gasteiger charge is -2.14. The van der Waals surface area contributed by atoms with Crippen LogP contribution in [0.4, 0.5) is 0 Å². The number of thioether (sulfide) groups is 1. The molecule has 0 aromatic carbocycles.